The van der Waals surface area contributed by atoms with Crippen LogP contribution < -0.4 is 0 Å². The van der Waals surface area contributed by atoms with Gasteiger partial charge in [0.1, 0.15) is 5.76 Å². The van der Waals surface area contributed by atoms with Gasteiger partial charge in [-0.1, -0.05) is 6.07 Å². The normalized spacial score (nSPS) is 12.8. The predicted octanol–water partition coefficient (Wildman–Crippen LogP) is 3.41. The molecule has 1 atom stereocenters. The highest BCUT2D eigenvalue weighted by Crippen LogP contribution is 2.18. The summed E-state index contributed by atoms with van der Waals surface area (Å²) in [5, 5.41) is 11.1. The number of likely N-dealkylation sites (N-methyl/N-ethyl adjacent to an activating group) is 1. The number of aromatic carboxylic acids is 1. The van der Waals surface area contributed by atoms with Crippen LogP contribution in [0.1, 0.15) is 33.7 Å². The fourth-order valence-corrected chi connectivity index (χ4v) is 2.94. The molecule has 2 aromatic rings. The molecule has 20 heavy (non-hydrogen) atoms. The molecule has 0 aliphatic heterocycles. The lowest BCUT2D eigenvalue weighted by Crippen LogP contribution is -2.30. The predicted molar refractivity (Wildman–Crippen MR) is 79.4 cm³/mol. The first-order valence-corrected chi connectivity index (χ1v) is 7.40. The Morgan fingerprint density at radius 1 is 1.55 bits per heavy atom. The fourth-order valence-electron chi connectivity index (χ4n) is 2.12. The van der Waals surface area contributed by atoms with Crippen LogP contribution in [-0.2, 0) is 13.0 Å². The summed E-state index contributed by atoms with van der Waals surface area (Å²) in [4.78, 5) is 14.5. The summed E-state index contributed by atoms with van der Waals surface area (Å²) in [6.45, 7) is 4.53. The first-order chi connectivity index (χ1) is 9.47. The molecule has 0 bridgehead atoms. The quantitative estimate of drug-likeness (QED) is 0.886. The summed E-state index contributed by atoms with van der Waals surface area (Å²) in [5.74, 6) is -0.275. The van der Waals surface area contributed by atoms with E-state index in [9.17, 15) is 4.79 Å². The van der Waals surface area contributed by atoms with Crippen molar-refractivity contribution in [2.75, 3.05) is 7.05 Å². The van der Waals surface area contributed by atoms with Gasteiger partial charge in [0.2, 0.25) is 5.76 Å². The topological polar surface area (TPSA) is 53.7 Å². The van der Waals surface area contributed by atoms with Gasteiger partial charge in [-0.15, -0.1) is 11.3 Å². The van der Waals surface area contributed by atoms with E-state index in [1.165, 1.54) is 4.88 Å². The standard InChI is InChI=1S/C15H19NO3S/c1-10-7-12(19-14(10)15(17)18)9-16(3)11(2)8-13-5-4-6-20-13/h4-7,11H,8-9H2,1-3H3,(H,17,18). The molecule has 2 rings (SSSR count). The van der Waals surface area contributed by atoms with Gasteiger partial charge in [0.05, 0.1) is 6.54 Å². The largest absolute Gasteiger partial charge is 0.475 e. The Hall–Kier alpha value is -1.59. The molecule has 2 heterocycles. The van der Waals surface area contributed by atoms with Gasteiger partial charge in [-0.05, 0) is 44.8 Å². The van der Waals surface area contributed by atoms with Gasteiger partial charge in [-0.3, -0.25) is 4.90 Å². The molecule has 0 spiro atoms. The van der Waals surface area contributed by atoms with Gasteiger partial charge in [-0.25, -0.2) is 4.79 Å². The number of rotatable bonds is 6. The summed E-state index contributed by atoms with van der Waals surface area (Å²) < 4.78 is 5.39. The van der Waals surface area contributed by atoms with Crippen molar-refractivity contribution >= 4 is 17.3 Å². The molecule has 0 radical (unpaired) electrons. The van der Waals surface area contributed by atoms with Crippen LogP contribution in [-0.4, -0.2) is 29.1 Å². The van der Waals surface area contributed by atoms with Gasteiger partial charge in [-0.2, -0.15) is 0 Å². The van der Waals surface area contributed by atoms with E-state index >= 15 is 0 Å². The van der Waals surface area contributed by atoms with Gasteiger partial charge in [0.25, 0.3) is 0 Å². The van der Waals surface area contributed by atoms with Crippen molar-refractivity contribution < 1.29 is 14.3 Å². The van der Waals surface area contributed by atoms with E-state index in [0.29, 0.717) is 23.9 Å². The molecular formula is C15H19NO3S. The highest BCUT2D eigenvalue weighted by atomic mass is 32.1. The summed E-state index contributed by atoms with van der Waals surface area (Å²) in [6.07, 6.45) is 0.986. The van der Waals surface area contributed by atoms with Crippen LogP contribution in [0.25, 0.3) is 0 Å². The second-order valence-corrected chi connectivity index (χ2v) is 6.11. The fraction of sp³-hybridized carbons (Fsp3) is 0.400. The van der Waals surface area contributed by atoms with Crippen LogP contribution in [0.5, 0.6) is 0 Å². The number of carboxylic acids is 1. The molecule has 108 valence electrons. The third-order valence-electron chi connectivity index (χ3n) is 3.40. The maximum atomic E-state index is 11.0. The molecule has 2 aromatic heterocycles. The number of nitrogens with zero attached hydrogens (tertiary/aromatic N) is 1. The lowest BCUT2D eigenvalue weighted by atomic mass is 10.2. The Labute approximate surface area is 122 Å². The average molecular weight is 293 g/mol. The first kappa shape index (κ1) is 14.8. The molecule has 1 N–H and O–H groups in total. The molecule has 0 aliphatic carbocycles. The van der Waals surface area contributed by atoms with Gasteiger partial charge < -0.3 is 9.52 Å². The number of hydrogen-bond acceptors (Lipinski definition) is 4. The van der Waals surface area contributed by atoms with Crippen molar-refractivity contribution in [1.82, 2.24) is 4.90 Å². The first-order valence-electron chi connectivity index (χ1n) is 6.52. The van der Waals surface area contributed by atoms with Crippen LogP contribution in [0.3, 0.4) is 0 Å². The maximum absolute atomic E-state index is 11.0. The molecular weight excluding hydrogens is 274 g/mol. The van der Waals surface area contributed by atoms with Crippen LogP contribution in [0.4, 0.5) is 0 Å². The molecule has 0 saturated carbocycles. The molecule has 0 aliphatic rings. The maximum Gasteiger partial charge on any atom is 0.372 e. The van der Waals surface area contributed by atoms with E-state index in [4.69, 9.17) is 9.52 Å². The number of aryl methyl sites for hydroxylation is 1. The second-order valence-electron chi connectivity index (χ2n) is 5.08. The second kappa shape index (κ2) is 6.24. The van der Waals surface area contributed by atoms with Crippen molar-refractivity contribution in [3.8, 4) is 0 Å². The van der Waals surface area contributed by atoms with Gasteiger partial charge >= 0.3 is 5.97 Å². The number of hydrogen-bond donors (Lipinski definition) is 1. The zero-order chi connectivity index (χ0) is 14.7. The van der Waals surface area contributed by atoms with E-state index in [-0.39, 0.29) is 5.76 Å². The van der Waals surface area contributed by atoms with E-state index in [0.717, 1.165) is 6.42 Å². The zero-order valence-corrected chi connectivity index (χ0v) is 12.7. The number of carboxylic acid groups (broad SMARTS) is 1. The van der Waals surface area contributed by atoms with Crippen LogP contribution in [0.2, 0.25) is 0 Å². The Balaban J connectivity index is 1.98. The molecule has 5 heteroatoms. The molecule has 4 nitrogen and oxygen atoms in total. The van der Waals surface area contributed by atoms with Crippen LogP contribution in [0.15, 0.2) is 28.0 Å². The minimum absolute atomic E-state index is 0.0410. The van der Waals surface area contributed by atoms with E-state index in [1.54, 1.807) is 24.3 Å². The van der Waals surface area contributed by atoms with Crippen LogP contribution in [0, 0.1) is 6.92 Å². The van der Waals surface area contributed by atoms with Crippen molar-refractivity contribution in [3.05, 3.63) is 45.5 Å². The van der Waals surface area contributed by atoms with Crippen molar-refractivity contribution in [2.24, 2.45) is 0 Å². The lowest BCUT2D eigenvalue weighted by molar-refractivity contribution is 0.0657. The van der Waals surface area contributed by atoms with Crippen LogP contribution >= 0.6 is 11.3 Å². The van der Waals surface area contributed by atoms with E-state index < -0.39 is 5.97 Å². The zero-order valence-electron chi connectivity index (χ0n) is 11.9. The minimum atomic E-state index is -1.01. The Kier molecular flexibility index (Phi) is 4.62. The summed E-state index contributed by atoms with van der Waals surface area (Å²) >= 11 is 1.76. The summed E-state index contributed by atoms with van der Waals surface area (Å²) in [6, 6.07) is 6.36. The van der Waals surface area contributed by atoms with E-state index in [2.05, 4.69) is 29.3 Å². The van der Waals surface area contributed by atoms with Crippen molar-refractivity contribution in [3.63, 3.8) is 0 Å². The summed E-state index contributed by atoms with van der Waals surface area (Å²) in [5.41, 5.74) is 0.673. The Morgan fingerprint density at radius 3 is 2.85 bits per heavy atom. The number of thiophene rings is 1. The van der Waals surface area contributed by atoms with Gasteiger partial charge in [0, 0.05) is 16.5 Å². The number of carbonyl (C=O) groups is 1. The Bertz CT molecular complexity index is 574. The highest BCUT2D eigenvalue weighted by Gasteiger charge is 2.17. The minimum Gasteiger partial charge on any atom is -0.475 e. The third-order valence-corrected chi connectivity index (χ3v) is 4.30. The average Bonchev–Trinajstić information content (AvgIpc) is 2.98. The molecule has 0 amide bonds. The highest BCUT2D eigenvalue weighted by molar-refractivity contribution is 7.09. The monoisotopic (exact) mass is 293 g/mol. The number of furan rings is 1. The summed E-state index contributed by atoms with van der Waals surface area (Å²) in [7, 11) is 2.02. The third kappa shape index (κ3) is 3.49. The molecule has 0 aromatic carbocycles. The Morgan fingerprint density at radius 2 is 2.30 bits per heavy atom. The van der Waals surface area contributed by atoms with Crippen molar-refractivity contribution in [1.29, 1.82) is 0 Å². The molecule has 0 fully saturated rings. The molecule has 0 saturated heterocycles. The van der Waals surface area contributed by atoms with Gasteiger partial charge in [0.15, 0.2) is 0 Å². The SMILES string of the molecule is Cc1cc(CN(C)C(C)Cc2cccs2)oc1C(=O)O. The lowest BCUT2D eigenvalue weighted by Gasteiger charge is -2.23. The van der Waals surface area contributed by atoms with E-state index in [1.807, 2.05) is 7.05 Å². The van der Waals surface area contributed by atoms with Crippen molar-refractivity contribution in [2.45, 2.75) is 32.9 Å². The smallest absolute Gasteiger partial charge is 0.372 e. The molecule has 1 unspecified atom stereocenters.